The van der Waals surface area contributed by atoms with E-state index in [2.05, 4.69) is 38.1 Å². The average molecular weight is 373 g/mol. The molecule has 3 atom stereocenters. The minimum Gasteiger partial charge on any atom is -0.394 e. The molecule has 0 bridgehead atoms. The first-order chi connectivity index (χ1) is 12.6. The molecule has 3 unspecified atom stereocenters. The highest BCUT2D eigenvalue weighted by Gasteiger charge is 2.51. The summed E-state index contributed by atoms with van der Waals surface area (Å²) < 4.78 is 12.3. The Balaban J connectivity index is 1.68. The summed E-state index contributed by atoms with van der Waals surface area (Å²) >= 11 is 6.56. The van der Waals surface area contributed by atoms with Crippen LogP contribution in [0.15, 0.2) is 36.4 Å². The van der Waals surface area contributed by atoms with Gasteiger partial charge >= 0.3 is 0 Å². The van der Waals surface area contributed by atoms with Crippen molar-refractivity contribution in [2.75, 3.05) is 6.61 Å². The lowest BCUT2D eigenvalue weighted by Crippen LogP contribution is -2.26. The molecule has 0 amide bonds. The number of rotatable bonds is 4. The zero-order valence-corrected chi connectivity index (χ0v) is 16.1. The molecule has 0 aromatic heterocycles. The van der Waals surface area contributed by atoms with Crippen LogP contribution >= 0.6 is 11.6 Å². The molecule has 138 valence electrons. The summed E-state index contributed by atoms with van der Waals surface area (Å²) in [6.45, 7) is 4.78. The fourth-order valence-corrected chi connectivity index (χ4v) is 4.43. The fourth-order valence-electron chi connectivity index (χ4n) is 4.19. The number of fused-ring (bicyclic) bond motifs is 2. The first-order valence-electron chi connectivity index (χ1n) is 9.37. The SMILES string of the molecule is CCc1ccc(Cc2c(Cl)ccc3c2COC32CC(C)C(CO)O2)cc1. The van der Waals surface area contributed by atoms with Gasteiger partial charge in [-0.05, 0) is 47.1 Å². The maximum atomic E-state index is 9.56. The van der Waals surface area contributed by atoms with Crippen molar-refractivity contribution in [1.82, 2.24) is 0 Å². The number of aryl methyl sites for hydroxylation is 1. The Bertz CT molecular complexity index is 802. The molecule has 1 fully saturated rings. The highest BCUT2D eigenvalue weighted by atomic mass is 35.5. The maximum absolute atomic E-state index is 9.56. The highest BCUT2D eigenvalue weighted by molar-refractivity contribution is 6.31. The first-order valence-corrected chi connectivity index (χ1v) is 9.75. The van der Waals surface area contributed by atoms with Gasteiger partial charge in [-0.25, -0.2) is 0 Å². The van der Waals surface area contributed by atoms with Crippen LogP contribution in [0.4, 0.5) is 0 Å². The van der Waals surface area contributed by atoms with Crippen LogP contribution in [0.3, 0.4) is 0 Å². The van der Waals surface area contributed by atoms with Gasteiger partial charge in [-0.3, -0.25) is 0 Å². The Morgan fingerprint density at radius 3 is 2.54 bits per heavy atom. The van der Waals surface area contributed by atoms with Crippen molar-refractivity contribution in [3.63, 3.8) is 0 Å². The number of aliphatic hydroxyl groups excluding tert-OH is 1. The van der Waals surface area contributed by atoms with Gasteiger partial charge in [0.2, 0.25) is 0 Å². The van der Waals surface area contributed by atoms with E-state index in [0.29, 0.717) is 6.61 Å². The lowest BCUT2D eigenvalue weighted by Gasteiger charge is -2.24. The Hall–Kier alpha value is -1.39. The van der Waals surface area contributed by atoms with Gasteiger partial charge in [-0.15, -0.1) is 0 Å². The van der Waals surface area contributed by atoms with Crippen LogP contribution in [0.25, 0.3) is 0 Å². The van der Waals surface area contributed by atoms with E-state index < -0.39 is 5.79 Å². The van der Waals surface area contributed by atoms with Crippen molar-refractivity contribution >= 4 is 11.6 Å². The van der Waals surface area contributed by atoms with Crippen LogP contribution in [0.2, 0.25) is 5.02 Å². The van der Waals surface area contributed by atoms with Crippen molar-refractivity contribution in [1.29, 1.82) is 0 Å². The van der Waals surface area contributed by atoms with E-state index in [4.69, 9.17) is 21.1 Å². The van der Waals surface area contributed by atoms with Gasteiger partial charge in [0.05, 0.1) is 19.3 Å². The summed E-state index contributed by atoms with van der Waals surface area (Å²) in [6, 6.07) is 12.7. The summed E-state index contributed by atoms with van der Waals surface area (Å²) in [6.07, 6.45) is 2.41. The van der Waals surface area contributed by atoms with E-state index in [0.717, 1.165) is 41.0 Å². The van der Waals surface area contributed by atoms with Crippen LogP contribution in [-0.2, 0) is 34.7 Å². The average Bonchev–Trinajstić information content (AvgIpc) is 3.18. The Kier molecular flexibility index (Phi) is 4.83. The molecule has 2 heterocycles. The number of hydrogen-bond acceptors (Lipinski definition) is 3. The Morgan fingerprint density at radius 1 is 1.15 bits per heavy atom. The minimum absolute atomic E-state index is 0.0197. The molecule has 3 nitrogen and oxygen atoms in total. The van der Waals surface area contributed by atoms with E-state index in [1.54, 1.807) is 0 Å². The predicted molar refractivity (Wildman–Crippen MR) is 102 cm³/mol. The number of benzene rings is 2. The van der Waals surface area contributed by atoms with Crippen LogP contribution in [0.1, 0.15) is 48.1 Å². The zero-order chi connectivity index (χ0) is 18.3. The molecule has 4 rings (SSSR count). The van der Waals surface area contributed by atoms with Crippen molar-refractivity contribution in [3.8, 4) is 0 Å². The third-order valence-electron chi connectivity index (χ3n) is 5.79. The molecule has 2 aromatic rings. The molecule has 1 spiro atoms. The molecule has 2 aliphatic heterocycles. The molecule has 1 N–H and O–H groups in total. The van der Waals surface area contributed by atoms with Gasteiger partial charge in [-0.1, -0.05) is 55.8 Å². The molecule has 0 aliphatic carbocycles. The van der Waals surface area contributed by atoms with Crippen LogP contribution in [0, 0.1) is 5.92 Å². The molecule has 4 heteroatoms. The smallest absolute Gasteiger partial charge is 0.196 e. The third kappa shape index (κ3) is 2.97. The quantitative estimate of drug-likeness (QED) is 0.852. The third-order valence-corrected chi connectivity index (χ3v) is 6.15. The van der Waals surface area contributed by atoms with Gasteiger partial charge in [-0.2, -0.15) is 0 Å². The molecular weight excluding hydrogens is 348 g/mol. The second-order valence-electron chi connectivity index (χ2n) is 7.46. The summed E-state index contributed by atoms with van der Waals surface area (Å²) in [5.74, 6) is -0.472. The normalized spacial score (nSPS) is 27.2. The number of halogens is 1. The van der Waals surface area contributed by atoms with Crippen molar-refractivity contribution in [2.45, 2.75) is 51.6 Å². The minimum atomic E-state index is -0.729. The van der Waals surface area contributed by atoms with Crippen molar-refractivity contribution < 1.29 is 14.6 Å². The van der Waals surface area contributed by atoms with Crippen molar-refractivity contribution in [2.24, 2.45) is 5.92 Å². The second kappa shape index (κ2) is 6.97. The van der Waals surface area contributed by atoms with Crippen LogP contribution in [0.5, 0.6) is 0 Å². The van der Waals surface area contributed by atoms with E-state index in [1.807, 2.05) is 12.1 Å². The largest absolute Gasteiger partial charge is 0.394 e. The van der Waals surface area contributed by atoms with Crippen molar-refractivity contribution in [3.05, 3.63) is 69.2 Å². The van der Waals surface area contributed by atoms with Gasteiger partial charge in [0.15, 0.2) is 5.79 Å². The molecule has 0 radical (unpaired) electrons. The van der Waals surface area contributed by atoms with E-state index in [-0.39, 0.29) is 18.6 Å². The first kappa shape index (κ1) is 18.0. The fraction of sp³-hybridized carbons (Fsp3) is 0.455. The lowest BCUT2D eigenvalue weighted by atomic mass is 9.90. The standard InChI is InChI=1S/C22H25ClO3/c1-3-15-4-6-16(7-5-15)10-17-18-13-25-22(19(18)8-9-20(17)23)11-14(2)21(12-24)26-22/h4-9,14,21,24H,3,10-13H2,1-2H3. The molecule has 0 saturated carbocycles. The lowest BCUT2D eigenvalue weighted by molar-refractivity contribution is -0.231. The van der Waals surface area contributed by atoms with E-state index in [1.165, 1.54) is 11.1 Å². The zero-order valence-electron chi connectivity index (χ0n) is 15.3. The monoisotopic (exact) mass is 372 g/mol. The van der Waals surface area contributed by atoms with Gasteiger partial charge in [0.1, 0.15) is 0 Å². The van der Waals surface area contributed by atoms with Gasteiger partial charge in [0.25, 0.3) is 0 Å². The van der Waals surface area contributed by atoms with Gasteiger partial charge < -0.3 is 14.6 Å². The highest BCUT2D eigenvalue weighted by Crippen LogP contribution is 2.50. The number of hydrogen-bond donors (Lipinski definition) is 1. The molecule has 2 aromatic carbocycles. The number of ether oxygens (including phenoxy) is 2. The molecule has 1 saturated heterocycles. The number of aliphatic hydroxyl groups is 1. The molecular formula is C22H25ClO3. The van der Waals surface area contributed by atoms with Gasteiger partial charge in [0, 0.05) is 17.0 Å². The Morgan fingerprint density at radius 2 is 1.88 bits per heavy atom. The van der Waals surface area contributed by atoms with E-state index >= 15 is 0 Å². The van der Waals surface area contributed by atoms with Crippen LogP contribution < -0.4 is 0 Å². The molecule has 26 heavy (non-hydrogen) atoms. The predicted octanol–water partition coefficient (Wildman–Crippen LogP) is 4.59. The summed E-state index contributed by atoms with van der Waals surface area (Å²) in [4.78, 5) is 0. The van der Waals surface area contributed by atoms with Crippen LogP contribution in [-0.4, -0.2) is 17.8 Å². The Labute approximate surface area is 159 Å². The summed E-state index contributed by atoms with van der Waals surface area (Å²) in [5, 5.41) is 10.3. The summed E-state index contributed by atoms with van der Waals surface area (Å²) in [5.41, 5.74) is 5.91. The second-order valence-corrected chi connectivity index (χ2v) is 7.87. The molecule has 2 aliphatic rings. The topological polar surface area (TPSA) is 38.7 Å². The van der Waals surface area contributed by atoms with E-state index in [9.17, 15) is 5.11 Å². The maximum Gasteiger partial charge on any atom is 0.196 e. The summed E-state index contributed by atoms with van der Waals surface area (Å²) in [7, 11) is 0.